The molecule has 2 aromatic rings. The van der Waals surface area contributed by atoms with Crippen LogP contribution in [0.2, 0.25) is 0 Å². The van der Waals surface area contributed by atoms with E-state index in [4.69, 9.17) is 18.9 Å². The summed E-state index contributed by atoms with van der Waals surface area (Å²) in [7, 11) is 4.90. The lowest BCUT2D eigenvalue weighted by Crippen LogP contribution is -2.33. The molecule has 6 nitrogen and oxygen atoms in total. The van der Waals surface area contributed by atoms with Crippen molar-refractivity contribution >= 4 is 5.91 Å². The number of hydrogen-bond acceptors (Lipinski definition) is 5. The number of fused-ring (bicyclic) bond motifs is 1. The van der Waals surface area contributed by atoms with Crippen LogP contribution in [0.5, 0.6) is 23.0 Å². The highest BCUT2D eigenvalue weighted by Gasteiger charge is 2.35. The van der Waals surface area contributed by atoms with Crippen molar-refractivity contribution in [1.82, 2.24) is 4.90 Å². The number of benzene rings is 2. The summed E-state index contributed by atoms with van der Waals surface area (Å²) in [4.78, 5) is 14.5. The van der Waals surface area contributed by atoms with E-state index in [-0.39, 0.29) is 11.8 Å². The van der Waals surface area contributed by atoms with Crippen LogP contribution in [0.25, 0.3) is 11.1 Å². The number of methoxy groups -OCH3 is 3. The molecule has 1 fully saturated rings. The van der Waals surface area contributed by atoms with Gasteiger partial charge in [-0.3, -0.25) is 4.79 Å². The van der Waals surface area contributed by atoms with Gasteiger partial charge in [0.25, 0.3) is 0 Å². The lowest BCUT2D eigenvalue weighted by molar-refractivity contribution is -0.133. The standard InChI is InChI=1S/C22H25NO5/c1-25-17-5-4-6-18(26-2)20(17)15-11-16-13-23(22(24)14-7-8-14)9-10-28-21(16)19(12-15)27-3/h4-6,11-12,14H,7-10,13H2,1-3H3. The van der Waals surface area contributed by atoms with Gasteiger partial charge in [0.2, 0.25) is 5.91 Å². The molecule has 6 heteroatoms. The zero-order valence-electron chi connectivity index (χ0n) is 16.5. The molecule has 0 radical (unpaired) electrons. The minimum absolute atomic E-state index is 0.181. The molecule has 1 heterocycles. The molecule has 0 aromatic heterocycles. The summed E-state index contributed by atoms with van der Waals surface area (Å²) in [5, 5.41) is 0. The van der Waals surface area contributed by atoms with Gasteiger partial charge in [0.15, 0.2) is 11.5 Å². The molecule has 1 aliphatic carbocycles. The Balaban J connectivity index is 1.80. The molecule has 0 N–H and O–H groups in total. The van der Waals surface area contributed by atoms with E-state index in [0.717, 1.165) is 29.5 Å². The summed E-state index contributed by atoms with van der Waals surface area (Å²) in [6.45, 7) is 1.55. The fourth-order valence-electron chi connectivity index (χ4n) is 3.69. The molecule has 0 atom stereocenters. The summed E-state index contributed by atoms with van der Waals surface area (Å²) in [6.07, 6.45) is 1.98. The first-order valence-electron chi connectivity index (χ1n) is 9.50. The fourth-order valence-corrected chi connectivity index (χ4v) is 3.69. The van der Waals surface area contributed by atoms with Crippen LogP contribution in [0.4, 0.5) is 0 Å². The second kappa shape index (κ2) is 7.62. The van der Waals surface area contributed by atoms with E-state index >= 15 is 0 Å². The molecular weight excluding hydrogens is 358 g/mol. The second-order valence-corrected chi connectivity index (χ2v) is 7.09. The Bertz CT molecular complexity index is 868. The third-order valence-corrected chi connectivity index (χ3v) is 5.28. The molecule has 4 rings (SSSR count). The van der Waals surface area contributed by atoms with E-state index in [2.05, 4.69) is 0 Å². The number of rotatable bonds is 5. The first-order valence-corrected chi connectivity index (χ1v) is 9.50. The lowest BCUT2D eigenvalue weighted by Gasteiger charge is -2.20. The topological polar surface area (TPSA) is 57.2 Å². The van der Waals surface area contributed by atoms with Gasteiger partial charge in [-0.2, -0.15) is 0 Å². The maximum absolute atomic E-state index is 12.6. The van der Waals surface area contributed by atoms with E-state index in [1.165, 1.54) is 0 Å². The summed E-state index contributed by atoms with van der Waals surface area (Å²) >= 11 is 0. The summed E-state index contributed by atoms with van der Waals surface area (Å²) in [5.41, 5.74) is 2.67. The predicted octanol–water partition coefficient (Wildman–Crippen LogP) is 3.51. The van der Waals surface area contributed by atoms with Crippen LogP contribution in [0.15, 0.2) is 30.3 Å². The molecular formula is C22H25NO5. The molecule has 1 saturated carbocycles. The minimum atomic E-state index is 0.181. The van der Waals surface area contributed by atoms with Crippen LogP contribution >= 0.6 is 0 Å². The molecule has 1 amide bonds. The molecule has 1 aliphatic heterocycles. The first-order chi connectivity index (χ1) is 13.7. The number of carbonyl (C=O) groups is 1. The van der Waals surface area contributed by atoms with Gasteiger partial charge in [-0.1, -0.05) is 6.07 Å². The maximum atomic E-state index is 12.6. The smallest absolute Gasteiger partial charge is 0.226 e. The number of carbonyl (C=O) groups excluding carboxylic acids is 1. The molecule has 0 saturated heterocycles. The zero-order chi connectivity index (χ0) is 19.7. The average molecular weight is 383 g/mol. The van der Waals surface area contributed by atoms with Gasteiger partial charge >= 0.3 is 0 Å². The number of amides is 1. The Labute approximate surface area is 165 Å². The maximum Gasteiger partial charge on any atom is 0.226 e. The van der Waals surface area contributed by atoms with Gasteiger partial charge in [0, 0.05) is 18.0 Å². The summed E-state index contributed by atoms with van der Waals surface area (Å²) in [5.74, 6) is 3.16. The third-order valence-electron chi connectivity index (χ3n) is 5.28. The first kappa shape index (κ1) is 18.5. The Morgan fingerprint density at radius 1 is 1.04 bits per heavy atom. The lowest BCUT2D eigenvalue weighted by atomic mass is 9.99. The van der Waals surface area contributed by atoms with E-state index in [0.29, 0.717) is 42.7 Å². The fraction of sp³-hybridized carbons (Fsp3) is 0.409. The van der Waals surface area contributed by atoms with E-state index < -0.39 is 0 Å². The highest BCUT2D eigenvalue weighted by molar-refractivity contribution is 5.82. The van der Waals surface area contributed by atoms with Crippen LogP contribution in [0.1, 0.15) is 18.4 Å². The number of ether oxygens (including phenoxy) is 4. The van der Waals surface area contributed by atoms with Gasteiger partial charge < -0.3 is 23.8 Å². The molecule has 2 aliphatic rings. The van der Waals surface area contributed by atoms with Crippen LogP contribution in [0.3, 0.4) is 0 Å². The number of nitrogens with zero attached hydrogens (tertiary/aromatic N) is 1. The third kappa shape index (κ3) is 3.35. The highest BCUT2D eigenvalue weighted by atomic mass is 16.5. The van der Waals surface area contributed by atoms with Gasteiger partial charge in [-0.15, -0.1) is 0 Å². The molecule has 0 spiro atoms. The van der Waals surface area contributed by atoms with Crippen molar-refractivity contribution in [2.45, 2.75) is 19.4 Å². The van der Waals surface area contributed by atoms with Gasteiger partial charge in [0.1, 0.15) is 18.1 Å². The molecule has 2 aromatic carbocycles. The number of hydrogen-bond donors (Lipinski definition) is 0. The van der Waals surface area contributed by atoms with Gasteiger partial charge in [-0.25, -0.2) is 0 Å². The largest absolute Gasteiger partial charge is 0.496 e. The predicted molar refractivity (Wildman–Crippen MR) is 105 cm³/mol. The van der Waals surface area contributed by atoms with Crippen molar-refractivity contribution in [2.75, 3.05) is 34.5 Å². The van der Waals surface area contributed by atoms with Crippen molar-refractivity contribution in [3.63, 3.8) is 0 Å². The van der Waals surface area contributed by atoms with Crippen molar-refractivity contribution < 1.29 is 23.7 Å². The quantitative estimate of drug-likeness (QED) is 0.791. The normalized spacial score (nSPS) is 15.9. The molecule has 0 bridgehead atoms. The Morgan fingerprint density at radius 2 is 1.71 bits per heavy atom. The van der Waals surface area contributed by atoms with Crippen LogP contribution in [0, 0.1) is 5.92 Å². The van der Waals surface area contributed by atoms with E-state index in [1.54, 1.807) is 21.3 Å². The summed E-state index contributed by atoms with van der Waals surface area (Å²) in [6, 6.07) is 9.65. The van der Waals surface area contributed by atoms with Crippen LogP contribution in [-0.4, -0.2) is 45.3 Å². The summed E-state index contributed by atoms with van der Waals surface area (Å²) < 4.78 is 22.7. The average Bonchev–Trinajstić information content (AvgIpc) is 3.58. The molecule has 28 heavy (non-hydrogen) atoms. The van der Waals surface area contributed by atoms with Crippen molar-refractivity contribution in [2.24, 2.45) is 5.92 Å². The van der Waals surface area contributed by atoms with Gasteiger partial charge in [0.05, 0.1) is 33.4 Å². The van der Waals surface area contributed by atoms with Crippen LogP contribution in [-0.2, 0) is 11.3 Å². The second-order valence-electron chi connectivity index (χ2n) is 7.09. The van der Waals surface area contributed by atoms with Crippen molar-refractivity contribution in [3.05, 3.63) is 35.9 Å². The molecule has 0 unspecified atom stereocenters. The zero-order valence-corrected chi connectivity index (χ0v) is 16.5. The highest BCUT2D eigenvalue weighted by Crippen LogP contribution is 2.44. The van der Waals surface area contributed by atoms with Gasteiger partial charge in [-0.05, 0) is 42.7 Å². The minimum Gasteiger partial charge on any atom is -0.496 e. The van der Waals surface area contributed by atoms with Crippen molar-refractivity contribution in [3.8, 4) is 34.1 Å². The SMILES string of the molecule is COc1cc(-c2c(OC)cccc2OC)cc2c1OCCN(C(=O)C1CC1)C2. The Hall–Kier alpha value is -2.89. The van der Waals surface area contributed by atoms with E-state index in [9.17, 15) is 4.79 Å². The monoisotopic (exact) mass is 383 g/mol. The van der Waals surface area contributed by atoms with E-state index in [1.807, 2.05) is 35.2 Å². The Morgan fingerprint density at radius 3 is 2.32 bits per heavy atom. The van der Waals surface area contributed by atoms with Crippen molar-refractivity contribution in [1.29, 1.82) is 0 Å². The Kier molecular flexibility index (Phi) is 5.03. The molecule has 148 valence electrons. The van der Waals surface area contributed by atoms with Crippen LogP contribution < -0.4 is 18.9 Å².